The Bertz CT molecular complexity index is 792. The first kappa shape index (κ1) is 16.5. The number of carboxylic acids is 1. The maximum absolute atomic E-state index is 13.1. The number of anilines is 1. The minimum absolute atomic E-state index is 0.0231. The molecular weight excluding hydrogens is 325 g/mol. The molecule has 1 fully saturated rings. The molecule has 0 amide bonds. The van der Waals surface area contributed by atoms with Gasteiger partial charge in [0.15, 0.2) is 0 Å². The van der Waals surface area contributed by atoms with Gasteiger partial charge in [0, 0.05) is 17.6 Å². The van der Waals surface area contributed by atoms with Crippen LogP contribution in [0.3, 0.4) is 0 Å². The van der Waals surface area contributed by atoms with Gasteiger partial charge in [0.2, 0.25) is 0 Å². The Morgan fingerprint density at radius 2 is 2.08 bits per heavy atom. The summed E-state index contributed by atoms with van der Waals surface area (Å²) < 4.78 is 39.4. The van der Waals surface area contributed by atoms with Crippen molar-refractivity contribution in [3.63, 3.8) is 0 Å². The normalized spacial score (nSPS) is 18.3. The predicted octanol–water partition coefficient (Wildman–Crippen LogP) is 2.91. The first-order valence-corrected chi connectivity index (χ1v) is 7.44. The van der Waals surface area contributed by atoms with Crippen molar-refractivity contribution >= 4 is 22.6 Å². The standard InChI is InChI=1S/C16H15F3N2O3/c17-16(18,19)14-7-13(21-5-1-2-10(21)8-22)11-6-9(15(23)24)3-4-12(11)20-14/h3-4,6-7,10,22H,1-2,5,8H2,(H,23,24)/t10-/m0/s1. The van der Waals surface area contributed by atoms with Crippen LogP contribution < -0.4 is 4.90 Å². The van der Waals surface area contributed by atoms with Gasteiger partial charge < -0.3 is 15.1 Å². The van der Waals surface area contributed by atoms with E-state index < -0.39 is 17.8 Å². The number of aromatic carboxylic acids is 1. The van der Waals surface area contributed by atoms with E-state index in [0.29, 0.717) is 18.4 Å². The summed E-state index contributed by atoms with van der Waals surface area (Å²) in [5, 5.41) is 18.9. The highest BCUT2D eigenvalue weighted by molar-refractivity contribution is 5.98. The van der Waals surface area contributed by atoms with Crippen molar-refractivity contribution in [3.05, 3.63) is 35.5 Å². The summed E-state index contributed by atoms with van der Waals surface area (Å²) in [5.74, 6) is -1.16. The molecule has 1 aliphatic rings. The second-order valence-corrected chi connectivity index (χ2v) is 5.73. The number of aliphatic hydroxyl groups is 1. The van der Waals surface area contributed by atoms with Gasteiger partial charge in [0.1, 0.15) is 5.69 Å². The second-order valence-electron chi connectivity index (χ2n) is 5.73. The summed E-state index contributed by atoms with van der Waals surface area (Å²) in [6.45, 7) is 0.322. The Hall–Kier alpha value is -2.35. The zero-order valence-electron chi connectivity index (χ0n) is 12.5. The van der Waals surface area contributed by atoms with Crippen LogP contribution in [-0.4, -0.2) is 40.4 Å². The maximum Gasteiger partial charge on any atom is 0.433 e. The van der Waals surface area contributed by atoms with E-state index in [4.69, 9.17) is 5.11 Å². The summed E-state index contributed by atoms with van der Waals surface area (Å²) in [4.78, 5) is 16.5. The van der Waals surface area contributed by atoms with Crippen LogP contribution >= 0.6 is 0 Å². The third-order valence-corrected chi connectivity index (χ3v) is 4.22. The Kier molecular flexibility index (Phi) is 4.08. The molecule has 24 heavy (non-hydrogen) atoms. The van der Waals surface area contributed by atoms with Crippen LogP contribution in [0, 0.1) is 0 Å². The first-order chi connectivity index (χ1) is 11.3. The summed E-state index contributed by atoms with van der Waals surface area (Å²) in [5.41, 5.74) is -0.720. The summed E-state index contributed by atoms with van der Waals surface area (Å²) in [7, 11) is 0. The summed E-state index contributed by atoms with van der Waals surface area (Å²) in [6, 6.07) is 4.48. The SMILES string of the molecule is O=C(O)c1ccc2nc(C(F)(F)F)cc(N3CCC[C@H]3CO)c2c1. The fourth-order valence-electron chi connectivity index (χ4n) is 3.07. The molecular formula is C16H15F3N2O3. The lowest BCUT2D eigenvalue weighted by Gasteiger charge is -2.27. The van der Waals surface area contributed by atoms with Crippen LogP contribution in [0.2, 0.25) is 0 Å². The Balaban J connectivity index is 2.25. The molecule has 0 bridgehead atoms. The second kappa shape index (κ2) is 5.94. The van der Waals surface area contributed by atoms with Crippen LogP contribution in [0.25, 0.3) is 10.9 Å². The number of benzene rings is 1. The minimum Gasteiger partial charge on any atom is -0.478 e. The van der Waals surface area contributed by atoms with E-state index >= 15 is 0 Å². The number of alkyl halides is 3. The van der Waals surface area contributed by atoms with Crippen LogP contribution in [0.1, 0.15) is 28.9 Å². The third-order valence-electron chi connectivity index (χ3n) is 4.22. The summed E-state index contributed by atoms with van der Waals surface area (Å²) >= 11 is 0. The zero-order valence-corrected chi connectivity index (χ0v) is 12.5. The van der Waals surface area contributed by atoms with Gasteiger partial charge in [0.05, 0.1) is 23.7 Å². The number of pyridine rings is 1. The van der Waals surface area contributed by atoms with Crippen molar-refractivity contribution in [1.29, 1.82) is 0 Å². The predicted molar refractivity (Wildman–Crippen MR) is 81.2 cm³/mol. The van der Waals surface area contributed by atoms with Crippen molar-refractivity contribution in [2.24, 2.45) is 0 Å². The van der Waals surface area contributed by atoms with E-state index in [2.05, 4.69) is 4.98 Å². The quantitative estimate of drug-likeness (QED) is 0.899. The molecule has 1 atom stereocenters. The van der Waals surface area contributed by atoms with Crippen molar-refractivity contribution in [2.45, 2.75) is 25.1 Å². The van der Waals surface area contributed by atoms with Gasteiger partial charge in [-0.25, -0.2) is 9.78 Å². The molecule has 0 aliphatic carbocycles. The van der Waals surface area contributed by atoms with Gasteiger partial charge in [-0.05, 0) is 37.1 Å². The Morgan fingerprint density at radius 3 is 2.71 bits per heavy atom. The van der Waals surface area contributed by atoms with Crippen molar-refractivity contribution < 1.29 is 28.2 Å². The highest BCUT2D eigenvalue weighted by atomic mass is 19.4. The van der Waals surface area contributed by atoms with E-state index in [1.54, 1.807) is 4.90 Å². The van der Waals surface area contributed by atoms with Crippen molar-refractivity contribution in [1.82, 2.24) is 4.98 Å². The van der Waals surface area contributed by atoms with Crippen molar-refractivity contribution in [3.8, 4) is 0 Å². The maximum atomic E-state index is 13.1. The fraction of sp³-hybridized carbons (Fsp3) is 0.375. The number of hydrogen-bond acceptors (Lipinski definition) is 4. The molecule has 2 N–H and O–H groups in total. The molecule has 0 unspecified atom stereocenters. The van der Waals surface area contributed by atoms with Gasteiger partial charge in [-0.1, -0.05) is 0 Å². The van der Waals surface area contributed by atoms with Crippen LogP contribution in [0.15, 0.2) is 24.3 Å². The van der Waals surface area contributed by atoms with E-state index in [9.17, 15) is 23.1 Å². The lowest BCUT2D eigenvalue weighted by molar-refractivity contribution is -0.140. The Morgan fingerprint density at radius 1 is 1.33 bits per heavy atom. The third kappa shape index (κ3) is 2.89. The number of carbonyl (C=O) groups is 1. The first-order valence-electron chi connectivity index (χ1n) is 7.44. The molecule has 1 saturated heterocycles. The van der Waals surface area contributed by atoms with Gasteiger partial charge in [-0.3, -0.25) is 0 Å². The molecule has 2 aromatic rings. The molecule has 0 saturated carbocycles. The van der Waals surface area contributed by atoms with E-state index in [-0.39, 0.29) is 29.4 Å². The highest BCUT2D eigenvalue weighted by Gasteiger charge is 2.35. The van der Waals surface area contributed by atoms with Crippen LogP contribution in [-0.2, 0) is 6.18 Å². The number of nitrogens with zero attached hydrogens (tertiary/aromatic N) is 2. The van der Waals surface area contributed by atoms with Gasteiger partial charge >= 0.3 is 12.1 Å². The lowest BCUT2D eigenvalue weighted by atomic mass is 10.1. The molecule has 0 radical (unpaired) electrons. The van der Waals surface area contributed by atoms with Crippen molar-refractivity contribution in [2.75, 3.05) is 18.1 Å². The molecule has 0 spiro atoms. The smallest absolute Gasteiger partial charge is 0.433 e. The zero-order chi connectivity index (χ0) is 17.5. The molecule has 3 rings (SSSR count). The highest BCUT2D eigenvalue weighted by Crippen LogP contribution is 2.37. The lowest BCUT2D eigenvalue weighted by Crippen LogP contribution is -2.32. The van der Waals surface area contributed by atoms with Gasteiger partial charge in [-0.15, -0.1) is 0 Å². The minimum atomic E-state index is -4.61. The van der Waals surface area contributed by atoms with Crippen LogP contribution in [0.5, 0.6) is 0 Å². The van der Waals surface area contributed by atoms with E-state index in [1.807, 2.05) is 0 Å². The molecule has 1 aromatic heterocycles. The largest absolute Gasteiger partial charge is 0.478 e. The van der Waals surface area contributed by atoms with Crippen LogP contribution in [0.4, 0.5) is 18.9 Å². The molecule has 128 valence electrons. The average Bonchev–Trinajstić information content (AvgIpc) is 3.00. The number of aromatic nitrogens is 1. The van der Waals surface area contributed by atoms with Gasteiger partial charge in [-0.2, -0.15) is 13.2 Å². The molecule has 2 heterocycles. The number of aliphatic hydroxyl groups excluding tert-OH is 1. The fourth-order valence-corrected chi connectivity index (χ4v) is 3.07. The van der Waals surface area contributed by atoms with E-state index in [0.717, 1.165) is 12.5 Å². The molecule has 8 heteroatoms. The number of hydrogen-bond donors (Lipinski definition) is 2. The van der Waals surface area contributed by atoms with E-state index in [1.165, 1.54) is 18.2 Å². The van der Waals surface area contributed by atoms with Gasteiger partial charge in [0.25, 0.3) is 0 Å². The monoisotopic (exact) mass is 340 g/mol. The topological polar surface area (TPSA) is 73.7 Å². The number of halogens is 3. The molecule has 1 aliphatic heterocycles. The molecule has 5 nitrogen and oxygen atoms in total. The number of rotatable bonds is 3. The number of carboxylic acid groups (broad SMARTS) is 1. The number of fused-ring (bicyclic) bond motifs is 1. The average molecular weight is 340 g/mol. The summed E-state index contributed by atoms with van der Waals surface area (Å²) in [6.07, 6.45) is -3.20. The molecule has 1 aromatic carbocycles. The Labute approximate surface area is 135 Å².